The van der Waals surface area contributed by atoms with Crippen molar-refractivity contribution in [1.82, 2.24) is 0 Å². The van der Waals surface area contributed by atoms with Crippen LogP contribution in [0.5, 0.6) is 17.2 Å². The molecule has 0 saturated carbocycles. The summed E-state index contributed by atoms with van der Waals surface area (Å²) in [4.78, 5) is 13.1. The fourth-order valence-corrected chi connectivity index (χ4v) is 3.00. The number of rotatable bonds is 13. The molecule has 0 atom stereocenters. The van der Waals surface area contributed by atoms with E-state index >= 15 is 0 Å². The second-order valence-electron chi connectivity index (χ2n) is 9.73. The van der Waals surface area contributed by atoms with Gasteiger partial charge in [0.15, 0.2) is 5.78 Å². The number of carbonyl (C=O) groups excluding carboxylic acids is 1. The predicted molar refractivity (Wildman–Crippen MR) is 137 cm³/mol. The highest BCUT2D eigenvalue weighted by Gasteiger charge is 2.11. The molecule has 0 aromatic heterocycles. The minimum Gasteiger partial charge on any atom is -0.493 e. The Bertz CT molecular complexity index is 895. The second kappa shape index (κ2) is 13.1. The lowest BCUT2D eigenvalue weighted by atomic mass is 10.0. The maximum Gasteiger partial charge on any atom is 0.186 e. The maximum atomic E-state index is 13.1. The molecule has 0 unspecified atom stereocenters. The highest BCUT2D eigenvalue weighted by molar-refractivity contribution is 6.07. The summed E-state index contributed by atoms with van der Waals surface area (Å²) < 4.78 is 17.8. The van der Waals surface area contributed by atoms with Crippen LogP contribution in [0.15, 0.2) is 42.5 Å². The van der Waals surface area contributed by atoms with Crippen LogP contribution >= 0.6 is 0 Å². The van der Waals surface area contributed by atoms with E-state index in [2.05, 4.69) is 60.6 Å². The average molecular weight is 453 g/mol. The number of hydrogen-bond acceptors (Lipinski definition) is 4. The lowest BCUT2D eigenvalue weighted by Crippen LogP contribution is -2.08. The first kappa shape index (κ1) is 26.5. The number of ether oxygens (including phenoxy) is 3. The van der Waals surface area contributed by atoms with Gasteiger partial charge in [0, 0.05) is 17.2 Å². The first-order valence-corrected chi connectivity index (χ1v) is 12.1. The Morgan fingerprint density at radius 2 is 1.33 bits per heavy atom. The van der Waals surface area contributed by atoms with E-state index < -0.39 is 0 Å². The van der Waals surface area contributed by atoms with Crippen LogP contribution in [0.2, 0.25) is 0 Å². The van der Waals surface area contributed by atoms with E-state index in [1.165, 1.54) is 5.56 Å². The minimum absolute atomic E-state index is 0.101. The molecule has 4 nitrogen and oxygen atoms in total. The fourth-order valence-electron chi connectivity index (χ4n) is 3.00. The van der Waals surface area contributed by atoms with Crippen molar-refractivity contribution in [3.8, 4) is 17.2 Å². The third-order valence-corrected chi connectivity index (χ3v) is 4.80. The quantitative estimate of drug-likeness (QED) is 0.237. The molecular weight excluding hydrogens is 412 g/mol. The number of hydrogen-bond donors (Lipinski definition) is 0. The monoisotopic (exact) mass is 452 g/mol. The van der Waals surface area contributed by atoms with Crippen molar-refractivity contribution >= 4 is 11.9 Å². The van der Waals surface area contributed by atoms with Gasteiger partial charge < -0.3 is 14.2 Å². The largest absolute Gasteiger partial charge is 0.493 e. The van der Waals surface area contributed by atoms with Crippen LogP contribution in [0.1, 0.15) is 70.0 Å². The minimum atomic E-state index is -0.101. The Hall–Kier alpha value is -2.75. The van der Waals surface area contributed by atoms with E-state index in [0.29, 0.717) is 54.6 Å². The lowest BCUT2D eigenvalue weighted by molar-refractivity contribution is 0.104. The fraction of sp³-hybridized carbons (Fsp3) is 0.483. The van der Waals surface area contributed by atoms with Gasteiger partial charge in [0.25, 0.3) is 0 Å². The van der Waals surface area contributed by atoms with E-state index in [1.807, 2.05) is 18.2 Å². The van der Waals surface area contributed by atoms with Crippen LogP contribution in [0, 0.1) is 17.8 Å². The zero-order chi connectivity index (χ0) is 24.4. The van der Waals surface area contributed by atoms with Crippen LogP contribution in [-0.2, 0) is 6.42 Å². The van der Waals surface area contributed by atoms with Crippen molar-refractivity contribution in [1.29, 1.82) is 0 Å². The first-order valence-electron chi connectivity index (χ1n) is 12.1. The van der Waals surface area contributed by atoms with Crippen molar-refractivity contribution in [2.24, 2.45) is 17.8 Å². The number of benzene rings is 2. The summed E-state index contributed by atoms with van der Waals surface area (Å²) in [5.41, 5.74) is 2.65. The zero-order valence-electron chi connectivity index (χ0n) is 21.3. The van der Waals surface area contributed by atoms with Crippen LogP contribution in [0.25, 0.3) is 6.08 Å². The molecule has 2 aromatic rings. The molecule has 0 aliphatic carbocycles. The van der Waals surface area contributed by atoms with E-state index in [1.54, 1.807) is 18.2 Å². The number of aryl methyl sites for hydroxylation is 1. The van der Waals surface area contributed by atoms with E-state index in [9.17, 15) is 4.79 Å². The van der Waals surface area contributed by atoms with Gasteiger partial charge in [-0.05, 0) is 66.2 Å². The van der Waals surface area contributed by atoms with Crippen molar-refractivity contribution in [3.63, 3.8) is 0 Å². The predicted octanol–water partition coefficient (Wildman–Crippen LogP) is 7.25. The van der Waals surface area contributed by atoms with Gasteiger partial charge in [0.1, 0.15) is 17.2 Å². The van der Waals surface area contributed by atoms with Gasteiger partial charge in [-0.25, -0.2) is 0 Å². The highest BCUT2D eigenvalue weighted by Crippen LogP contribution is 2.26. The normalized spacial score (nSPS) is 11.6. The number of ketones is 1. The standard InChI is InChI=1S/C29H40O4/c1-8-23-9-12-29(33-19-22(6)7)24(13-23)10-11-28(30)25-14-26(31-17-20(2)3)16-27(15-25)32-18-21(4)5/h9-16,20-22H,8,17-19H2,1-7H3/b11-10+. The van der Waals surface area contributed by atoms with Gasteiger partial charge in [-0.2, -0.15) is 0 Å². The van der Waals surface area contributed by atoms with Gasteiger partial charge in [0.2, 0.25) is 0 Å². The lowest BCUT2D eigenvalue weighted by Gasteiger charge is -2.14. The number of allylic oxidation sites excluding steroid dienone is 1. The van der Waals surface area contributed by atoms with E-state index in [4.69, 9.17) is 14.2 Å². The van der Waals surface area contributed by atoms with Crippen molar-refractivity contribution in [2.75, 3.05) is 19.8 Å². The molecule has 2 rings (SSSR count). The molecule has 4 heteroatoms. The third kappa shape index (κ3) is 9.33. The van der Waals surface area contributed by atoms with Crippen LogP contribution < -0.4 is 14.2 Å². The second-order valence-corrected chi connectivity index (χ2v) is 9.73. The Morgan fingerprint density at radius 1 is 0.788 bits per heavy atom. The molecule has 0 N–H and O–H groups in total. The van der Waals surface area contributed by atoms with Gasteiger partial charge in [0.05, 0.1) is 19.8 Å². The van der Waals surface area contributed by atoms with Gasteiger partial charge in [-0.15, -0.1) is 0 Å². The molecule has 0 aliphatic rings. The molecule has 0 heterocycles. The molecular formula is C29H40O4. The van der Waals surface area contributed by atoms with Gasteiger partial charge in [-0.1, -0.05) is 54.5 Å². The summed E-state index contributed by atoms with van der Waals surface area (Å²) in [6.07, 6.45) is 4.36. The summed E-state index contributed by atoms with van der Waals surface area (Å²) in [6, 6.07) is 11.6. The van der Waals surface area contributed by atoms with Gasteiger partial charge in [-0.3, -0.25) is 4.79 Å². The van der Waals surface area contributed by atoms with E-state index in [-0.39, 0.29) is 5.78 Å². The first-order chi connectivity index (χ1) is 15.7. The summed E-state index contributed by atoms with van der Waals surface area (Å²) in [5, 5.41) is 0. The Morgan fingerprint density at radius 3 is 1.85 bits per heavy atom. The molecule has 0 amide bonds. The maximum absolute atomic E-state index is 13.1. The Kier molecular flexibility index (Phi) is 10.5. The molecule has 180 valence electrons. The highest BCUT2D eigenvalue weighted by atomic mass is 16.5. The summed E-state index contributed by atoms with van der Waals surface area (Å²) in [5.74, 6) is 3.19. The van der Waals surface area contributed by atoms with Crippen LogP contribution in [0.4, 0.5) is 0 Å². The SMILES string of the molecule is CCc1ccc(OCC(C)C)c(/C=C/C(=O)c2cc(OCC(C)C)cc(OCC(C)C)c2)c1. The van der Waals surface area contributed by atoms with Crippen molar-refractivity contribution in [2.45, 2.75) is 54.9 Å². The summed E-state index contributed by atoms with van der Waals surface area (Å²) in [7, 11) is 0. The van der Waals surface area contributed by atoms with Crippen molar-refractivity contribution < 1.29 is 19.0 Å². The molecule has 0 fully saturated rings. The smallest absolute Gasteiger partial charge is 0.186 e. The van der Waals surface area contributed by atoms with E-state index in [0.717, 1.165) is 17.7 Å². The summed E-state index contributed by atoms with van der Waals surface area (Å²) in [6.45, 7) is 16.5. The summed E-state index contributed by atoms with van der Waals surface area (Å²) >= 11 is 0. The Balaban J connectivity index is 2.30. The van der Waals surface area contributed by atoms with Crippen LogP contribution in [-0.4, -0.2) is 25.6 Å². The van der Waals surface area contributed by atoms with Crippen LogP contribution in [0.3, 0.4) is 0 Å². The number of carbonyl (C=O) groups is 1. The molecule has 0 aliphatic heterocycles. The molecule has 0 saturated heterocycles. The van der Waals surface area contributed by atoms with Crippen molar-refractivity contribution in [3.05, 3.63) is 59.2 Å². The molecule has 0 bridgehead atoms. The zero-order valence-corrected chi connectivity index (χ0v) is 21.3. The van der Waals surface area contributed by atoms with Gasteiger partial charge >= 0.3 is 0 Å². The topological polar surface area (TPSA) is 44.8 Å². The molecule has 0 spiro atoms. The molecule has 33 heavy (non-hydrogen) atoms. The Labute approximate surface area is 200 Å². The molecule has 2 aromatic carbocycles. The average Bonchev–Trinajstić information content (AvgIpc) is 2.78. The third-order valence-electron chi connectivity index (χ3n) is 4.80. The molecule has 0 radical (unpaired) electrons.